The lowest BCUT2D eigenvalue weighted by Gasteiger charge is -2.31. The maximum atomic E-state index is 12.5. The van der Waals surface area contributed by atoms with Crippen molar-refractivity contribution >= 4 is 23.3 Å². The van der Waals surface area contributed by atoms with Crippen LogP contribution in [0.4, 0.5) is 5.82 Å². The number of piperidine rings is 1. The zero-order valence-electron chi connectivity index (χ0n) is 17.1. The topological polar surface area (TPSA) is 69.0 Å². The van der Waals surface area contributed by atoms with Crippen molar-refractivity contribution in [1.29, 1.82) is 5.26 Å². The fourth-order valence-electron chi connectivity index (χ4n) is 3.91. The second-order valence-corrected chi connectivity index (χ2v) is 8.19. The molecule has 5 nitrogen and oxygen atoms in total. The number of carbonyl (C=O) groups excluding carboxylic acids is 1. The maximum absolute atomic E-state index is 12.5. The molecule has 0 bridgehead atoms. The largest absolute Gasteiger partial charge is 0.310 e. The van der Waals surface area contributed by atoms with Crippen molar-refractivity contribution in [1.82, 2.24) is 9.88 Å². The molecule has 0 saturated carbocycles. The number of amides is 1. The molecule has 1 saturated heterocycles. The Labute approximate surface area is 187 Å². The molecule has 0 radical (unpaired) electrons. The molecule has 1 aliphatic heterocycles. The van der Waals surface area contributed by atoms with Gasteiger partial charge in [-0.3, -0.25) is 9.69 Å². The Bertz CT molecular complexity index is 1080. The van der Waals surface area contributed by atoms with E-state index in [4.69, 9.17) is 11.6 Å². The maximum Gasteiger partial charge on any atom is 0.228 e. The van der Waals surface area contributed by atoms with E-state index in [0.29, 0.717) is 16.4 Å². The van der Waals surface area contributed by atoms with Crippen LogP contribution in [0.5, 0.6) is 0 Å². The predicted octanol–water partition coefficient (Wildman–Crippen LogP) is 5.12. The van der Waals surface area contributed by atoms with Gasteiger partial charge in [0.05, 0.1) is 16.7 Å². The molecular formula is C25H23ClN4O. The van der Waals surface area contributed by atoms with Gasteiger partial charge in [-0.15, -0.1) is 0 Å². The van der Waals surface area contributed by atoms with Gasteiger partial charge in [0.15, 0.2) is 0 Å². The summed E-state index contributed by atoms with van der Waals surface area (Å²) in [7, 11) is 0. The number of rotatable bonds is 5. The van der Waals surface area contributed by atoms with Crippen LogP contribution in [-0.2, 0) is 11.3 Å². The molecule has 4 rings (SSSR count). The monoisotopic (exact) mass is 430 g/mol. The van der Waals surface area contributed by atoms with Gasteiger partial charge in [-0.05, 0) is 60.8 Å². The number of anilines is 1. The highest BCUT2D eigenvalue weighted by Crippen LogP contribution is 2.25. The van der Waals surface area contributed by atoms with Crippen molar-refractivity contribution in [3.8, 4) is 17.2 Å². The Balaban J connectivity index is 1.30. The highest BCUT2D eigenvalue weighted by Gasteiger charge is 2.25. The first-order valence-electron chi connectivity index (χ1n) is 10.4. The number of benzene rings is 2. The Morgan fingerprint density at radius 2 is 1.84 bits per heavy atom. The van der Waals surface area contributed by atoms with Crippen LogP contribution in [0.1, 0.15) is 24.0 Å². The summed E-state index contributed by atoms with van der Waals surface area (Å²) in [5.41, 5.74) is 3.92. The van der Waals surface area contributed by atoms with E-state index >= 15 is 0 Å². The fraction of sp³-hybridized carbons (Fsp3) is 0.240. The summed E-state index contributed by atoms with van der Waals surface area (Å²) >= 11 is 5.84. The lowest BCUT2D eigenvalue weighted by molar-refractivity contribution is -0.121. The lowest BCUT2D eigenvalue weighted by atomic mass is 9.95. The van der Waals surface area contributed by atoms with Gasteiger partial charge in [-0.2, -0.15) is 5.26 Å². The van der Waals surface area contributed by atoms with E-state index in [1.807, 2.05) is 24.3 Å². The number of carbonyl (C=O) groups is 1. The Hall–Kier alpha value is -3.20. The van der Waals surface area contributed by atoms with Crippen molar-refractivity contribution < 1.29 is 4.79 Å². The Kier molecular flexibility index (Phi) is 6.61. The summed E-state index contributed by atoms with van der Waals surface area (Å²) in [6.45, 7) is 2.61. The molecule has 1 aromatic heterocycles. The van der Waals surface area contributed by atoms with Gasteiger partial charge in [-0.1, -0.05) is 54.1 Å². The minimum atomic E-state index is -0.00131. The third kappa shape index (κ3) is 5.29. The van der Waals surface area contributed by atoms with E-state index in [-0.39, 0.29) is 11.8 Å². The number of pyridine rings is 1. The number of nitriles is 1. The number of hydrogen-bond donors (Lipinski definition) is 1. The minimum Gasteiger partial charge on any atom is -0.310 e. The first kappa shape index (κ1) is 21.0. The third-order valence-electron chi connectivity index (χ3n) is 5.66. The summed E-state index contributed by atoms with van der Waals surface area (Å²) < 4.78 is 0. The molecule has 31 heavy (non-hydrogen) atoms. The third-order valence-corrected chi connectivity index (χ3v) is 5.88. The molecule has 1 aliphatic rings. The van der Waals surface area contributed by atoms with Crippen molar-refractivity contribution in [2.45, 2.75) is 19.4 Å². The first-order valence-corrected chi connectivity index (χ1v) is 10.7. The van der Waals surface area contributed by atoms with Gasteiger partial charge >= 0.3 is 0 Å². The second kappa shape index (κ2) is 9.74. The molecule has 0 aliphatic carbocycles. The van der Waals surface area contributed by atoms with E-state index < -0.39 is 0 Å². The second-order valence-electron chi connectivity index (χ2n) is 7.76. The Morgan fingerprint density at radius 3 is 2.52 bits per heavy atom. The molecule has 6 heteroatoms. The van der Waals surface area contributed by atoms with E-state index in [1.165, 1.54) is 11.8 Å². The normalized spacial score (nSPS) is 14.7. The molecule has 3 aromatic rings. The van der Waals surface area contributed by atoms with Crippen molar-refractivity contribution in [3.05, 3.63) is 83.0 Å². The van der Waals surface area contributed by atoms with Crippen LogP contribution in [0, 0.1) is 17.2 Å². The minimum absolute atomic E-state index is 0.00131. The van der Waals surface area contributed by atoms with Gasteiger partial charge in [0.25, 0.3) is 0 Å². The summed E-state index contributed by atoms with van der Waals surface area (Å²) in [5, 5.41) is 12.7. The molecule has 0 atom stereocenters. The van der Waals surface area contributed by atoms with Crippen molar-refractivity contribution in [2.75, 3.05) is 18.4 Å². The van der Waals surface area contributed by atoms with E-state index in [2.05, 4.69) is 45.5 Å². The van der Waals surface area contributed by atoms with Crippen molar-refractivity contribution in [3.63, 3.8) is 0 Å². The average molecular weight is 431 g/mol. The van der Waals surface area contributed by atoms with Crippen LogP contribution in [-0.4, -0.2) is 28.9 Å². The predicted molar refractivity (Wildman–Crippen MR) is 122 cm³/mol. The fourth-order valence-corrected chi connectivity index (χ4v) is 4.02. The van der Waals surface area contributed by atoms with Crippen LogP contribution in [0.25, 0.3) is 11.1 Å². The summed E-state index contributed by atoms with van der Waals surface area (Å²) in [6, 6.07) is 21.7. The lowest BCUT2D eigenvalue weighted by Crippen LogP contribution is -2.37. The number of likely N-dealkylation sites (tertiary alicyclic amines) is 1. The molecule has 1 fully saturated rings. The number of nitrogens with zero attached hydrogens (tertiary/aromatic N) is 3. The highest BCUT2D eigenvalue weighted by molar-refractivity contribution is 6.30. The standard InChI is InChI=1S/C25H23ClN4O/c26-22-9-10-24(28-16-22)29-25(31)20-11-13-30(14-12-20)17-18-5-7-19(8-6-18)23-4-2-1-3-21(23)15-27/h1-10,16,20H,11-14,17H2,(H,28,29,31). The smallest absolute Gasteiger partial charge is 0.228 e. The molecule has 2 aromatic carbocycles. The van der Waals surface area contributed by atoms with E-state index in [0.717, 1.165) is 43.6 Å². The van der Waals surface area contributed by atoms with E-state index in [9.17, 15) is 10.1 Å². The van der Waals surface area contributed by atoms with Crippen LogP contribution in [0.2, 0.25) is 5.02 Å². The molecule has 0 unspecified atom stereocenters. The molecule has 156 valence electrons. The molecule has 0 spiro atoms. The molecule has 1 N–H and O–H groups in total. The van der Waals surface area contributed by atoms with Gasteiger partial charge in [0.2, 0.25) is 5.91 Å². The highest BCUT2D eigenvalue weighted by atomic mass is 35.5. The van der Waals surface area contributed by atoms with Crippen LogP contribution in [0.3, 0.4) is 0 Å². The van der Waals surface area contributed by atoms with Crippen LogP contribution < -0.4 is 5.32 Å². The van der Waals surface area contributed by atoms with Gasteiger partial charge in [0.1, 0.15) is 5.82 Å². The van der Waals surface area contributed by atoms with Gasteiger partial charge in [-0.25, -0.2) is 4.98 Å². The average Bonchev–Trinajstić information content (AvgIpc) is 2.81. The number of aromatic nitrogens is 1. The van der Waals surface area contributed by atoms with Crippen molar-refractivity contribution in [2.24, 2.45) is 5.92 Å². The van der Waals surface area contributed by atoms with Crippen LogP contribution in [0.15, 0.2) is 66.9 Å². The quantitative estimate of drug-likeness (QED) is 0.609. The van der Waals surface area contributed by atoms with Gasteiger partial charge < -0.3 is 5.32 Å². The summed E-state index contributed by atoms with van der Waals surface area (Å²) in [6.07, 6.45) is 3.18. The van der Waals surface area contributed by atoms with Gasteiger partial charge in [0, 0.05) is 18.7 Å². The summed E-state index contributed by atoms with van der Waals surface area (Å²) in [4.78, 5) is 19.0. The molecular weight excluding hydrogens is 408 g/mol. The number of hydrogen-bond acceptors (Lipinski definition) is 4. The zero-order chi connectivity index (χ0) is 21.6. The number of halogens is 1. The SMILES string of the molecule is N#Cc1ccccc1-c1ccc(CN2CCC(C(=O)Nc3ccc(Cl)cn3)CC2)cc1. The molecule has 2 heterocycles. The summed E-state index contributed by atoms with van der Waals surface area (Å²) in [5.74, 6) is 0.559. The Morgan fingerprint density at radius 1 is 1.10 bits per heavy atom. The van der Waals surface area contributed by atoms with Crippen LogP contribution >= 0.6 is 11.6 Å². The number of nitrogens with one attached hydrogen (secondary N) is 1. The van der Waals surface area contributed by atoms with E-state index in [1.54, 1.807) is 12.1 Å². The zero-order valence-corrected chi connectivity index (χ0v) is 17.8. The first-order chi connectivity index (χ1) is 15.1. The molecule has 1 amide bonds.